The standard InChI is InChI=1S/C6H9N2.ClH/c1-2-4-8-5-3-7-6-8;/h3,5H,2,4H2,1H3;1H/q+1;/p-1. The molecular formula is C6H9ClN2. The lowest BCUT2D eigenvalue weighted by Crippen LogP contribution is -3.00. The van der Waals surface area contributed by atoms with Gasteiger partial charge in [-0.2, -0.15) is 4.90 Å². The molecule has 0 aliphatic carbocycles. The zero-order valence-corrected chi connectivity index (χ0v) is 6.10. The average molecular weight is 145 g/mol. The molecule has 0 atom stereocenters. The van der Waals surface area contributed by atoms with Gasteiger partial charge in [-0.3, -0.25) is 0 Å². The fourth-order valence-corrected chi connectivity index (χ4v) is 0.620. The van der Waals surface area contributed by atoms with Crippen LogP contribution in [0.25, 0.3) is 0 Å². The molecule has 0 saturated heterocycles. The Hall–Kier alpha value is -0.590. The van der Waals surface area contributed by atoms with Crippen LogP contribution in [-0.4, -0.2) is 17.8 Å². The van der Waals surface area contributed by atoms with Crippen LogP contribution in [0, 0.1) is 0 Å². The predicted octanol–water partition coefficient (Wildman–Crippen LogP) is -1.91. The summed E-state index contributed by atoms with van der Waals surface area (Å²) in [7, 11) is 0. The Morgan fingerprint density at radius 2 is 2.44 bits per heavy atom. The quantitative estimate of drug-likeness (QED) is 0.413. The molecule has 1 heterocycles. The van der Waals surface area contributed by atoms with E-state index in [4.69, 9.17) is 0 Å². The van der Waals surface area contributed by atoms with Crippen LogP contribution in [0.15, 0.2) is 17.4 Å². The molecule has 50 valence electrons. The van der Waals surface area contributed by atoms with Crippen LogP contribution in [-0.2, 0) is 0 Å². The summed E-state index contributed by atoms with van der Waals surface area (Å²) in [5, 5.41) is 0. The zero-order chi connectivity index (χ0) is 5.82. The van der Waals surface area contributed by atoms with E-state index in [0.29, 0.717) is 0 Å². The van der Waals surface area contributed by atoms with Crippen molar-refractivity contribution in [3.05, 3.63) is 12.4 Å². The van der Waals surface area contributed by atoms with E-state index in [0.717, 1.165) is 13.0 Å². The van der Waals surface area contributed by atoms with Gasteiger partial charge in [-0.25, -0.2) is 0 Å². The first-order valence-corrected chi connectivity index (χ1v) is 2.82. The second kappa shape index (κ2) is 4.30. The third kappa shape index (κ3) is 2.45. The third-order valence-electron chi connectivity index (χ3n) is 0.972. The van der Waals surface area contributed by atoms with Crippen molar-refractivity contribution in [1.82, 2.24) is 4.90 Å². The molecule has 1 aliphatic heterocycles. The van der Waals surface area contributed by atoms with E-state index in [1.165, 1.54) is 0 Å². The largest absolute Gasteiger partial charge is 1.00 e. The van der Waals surface area contributed by atoms with E-state index < -0.39 is 0 Å². The summed E-state index contributed by atoms with van der Waals surface area (Å²) in [6.07, 6.45) is 7.62. The number of hydrogen-bond donors (Lipinski definition) is 0. The van der Waals surface area contributed by atoms with Crippen LogP contribution in [0.2, 0.25) is 0 Å². The summed E-state index contributed by atoms with van der Waals surface area (Å²) in [6.45, 7) is 3.16. The first kappa shape index (κ1) is 8.41. The second-order valence-corrected chi connectivity index (χ2v) is 1.72. The Kier molecular flexibility index (Phi) is 4.02. The summed E-state index contributed by atoms with van der Waals surface area (Å²) in [6, 6.07) is 0. The molecule has 0 fully saturated rings. The average Bonchev–Trinajstić information content (AvgIpc) is 2.19. The van der Waals surface area contributed by atoms with Crippen molar-refractivity contribution in [3.63, 3.8) is 0 Å². The van der Waals surface area contributed by atoms with E-state index >= 15 is 0 Å². The molecule has 0 N–H and O–H groups in total. The van der Waals surface area contributed by atoms with Crippen LogP contribution in [0.1, 0.15) is 13.3 Å². The lowest BCUT2D eigenvalue weighted by molar-refractivity contribution is -0.00000174. The monoisotopic (exact) mass is 144 g/mol. The number of aliphatic imine (C=N–C) groups is 1. The van der Waals surface area contributed by atoms with Crippen LogP contribution < -0.4 is 12.4 Å². The number of rotatable bonds is 2. The lowest BCUT2D eigenvalue weighted by atomic mass is 10.5. The molecule has 0 bridgehead atoms. The van der Waals surface area contributed by atoms with Crippen LogP contribution in [0.4, 0.5) is 0 Å². The van der Waals surface area contributed by atoms with Crippen molar-refractivity contribution in [2.75, 3.05) is 6.54 Å². The first-order valence-electron chi connectivity index (χ1n) is 2.82. The van der Waals surface area contributed by atoms with E-state index in [1.54, 1.807) is 6.20 Å². The summed E-state index contributed by atoms with van der Waals surface area (Å²) >= 11 is 0. The molecule has 0 spiro atoms. The van der Waals surface area contributed by atoms with E-state index in [1.807, 2.05) is 11.1 Å². The van der Waals surface area contributed by atoms with Gasteiger partial charge in [-0.15, -0.1) is 0 Å². The molecule has 0 aromatic rings. The molecular weight excluding hydrogens is 136 g/mol. The van der Waals surface area contributed by atoms with E-state index in [2.05, 4.69) is 18.3 Å². The fraction of sp³-hybridized carbons (Fsp3) is 0.500. The highest BCUT2D eigenvalue weighted by Crippen LogP contribution is 1.94. The Morgan fingerprint density at radius 1 is 1.67 bits per heavy atom. The van der Waals surface area contributed by atoms with Gasteiger partial charge in [0.05, 0.1) is 6.54 Å². The van der Waals surface area contributed by atoms with Crippen LogP contribution in [0.5, 0.6) is 0 Å². The van der Waals surface area contributed by atoms with Crippen molar-refractivity contribution < 1.29 is 12.4 Å². The van der Waals surface area contributed by atoms with Gasteiger partial charge < -0.3 is 12.4 Å². The van der Waals surface area contributed by atoms with E-state index in [-0.39, 0.29) is 12.4 Å². The maximum absolute atomic E-state index is 3.78. The van der Waals surface area contributed by atoms with Crippen molar-refractivity contribution in [2.24, 2.45) is 4.99 Å². The van der Waals surface area contributed by atoms with E-state index in [9.17, 15) is 0 Å². The molecule has 1 rings (SSSR count). The van der Waals surface area contributed by atoms with Gasteiger partial charge in [0.25, 0.3) is 6.34 Å². The number of hydrogen-bond acceptors (Lipinski definition) is 2. The van der Waals surface area contributed by atoms with Crippen molar-refractivity contribution in [2.45, 2.75) is 13.3 Å². The molecule has 0 aromatic carbocycles. The number of halogens is 1. The Bertz CT molecular complexity index is 108. The zero-order valence-electron chi connectivity index (χ0n) is 5.34. The van der Waals surface area contributed by atoms with Gasteiger partial charge in [-0.05, 0) is 11.4 Å². The van der Waals surface area contributed by atoms with Crippen molar-refractivity contribution >= 4 is 6.34 Å². The maximum Gasteiger partial charge on any atom is 0.255 e. The maximum atomic E-state index is 3.78. The fourth-order valence-electron chi connectivity index (χ4n) is 0.620. The summed E-state index contributed by atoms with van der Waals surface area (Å²) in [4.78, 5) is 5.72. The lowest BCUT2D eigenvalue weighted by Gasteiger charge is -1.95. The van der Waals surface area contributed by atoms with Gasteiger partial charge in [0, 0.05) is 0 Å². The minimum Gasteiger partial charge on any atom is -1.00 e. The Balaban J connectivity index is 0.000000640. The van der Waals surface area contributed by atoms with Gasteiger partial charge in [-0.1, -0.05) is 6.92 Å². The Morgan fingerprint density at radius 3 is 2.89 bits per heavy atom. The molecule has 9 heavy (non-hydrogen) atoms. The van der Waals surface area contributed by atoms with Crippen LogP contribution in [0.3, 0.4) is 0 Å². The summed E-state index contributed by atoms with van der Waals surface area (Å²) in [5.74, 6) is 0. The minimum atomic E-state index is 0. The molecule has 1 aliphatic rings. The van der Waals surface area contributed by atoms with Gasteiger partial charge in [0.1, 0.15) is 0 Å². The molecule has 0 aromatic heterocycles. The van der Waals surface area contributed by atoms with Crippen molar-refractivity contribution in [3.8, 4) is 0 Å². The smallest absolute Gasteiger partial charge is 0.255 e. The normalized spacial score (nSPS) is 13.2. The first-order chi connectivity index (χ1) is 3.93. The Labute approximate surface area is 61.7 Å². The topological polar surface area (TPSA) is 15.6 Å². The van der Waals surface area contributed by atoms with Crippen molar-refractivity contribution in [1.29, 1.82) is 0 Å². The molecule has 0 saturated carbocycles. The SMILES string of the molecule is CCCN1[C+]=NC=C1.[Cl-]. The highest BCUT2D eigenvalue weighted by atomic mass is 35.5. The minimum absolute atomic E-state index is 0. The molecule has 0 radical (unpaired) electrons. The highest BCUT2D eigenvalue weighted by Gasteiger charge is 2.06. The third-order valence-corrected chi connectivity index (χ3v) is 0.972. The second-order valence-electron chi connectivity index (χ2n) is 1.72. The predicted molar refractivity (Wildman–Crippen MR) is 33.6 cm³/mol. The molecule has 3 heteroatoms. The molecule has 0 unspecified atom stereocenters. The summed E-state index contributed by atoms with van der Waals surface area (Å²) < 4.78 is 0. The number of nitrogens with zero attached hydrogens (tertiary/aromatic N) is 2. The molecule has 2 nitrogen and oxygen atoms in total. The van der Waals surface area contributed by atoms with Gasteiger partial charge >= 0.3 is 0 Å². The molecule has 0 amide bonds. The highest BCUT2D eigenvalue weighted by molar-refractivity contribution is 5.59. The van der Waals surface area contributed by atoms with Gasteiger partial charge in [0.2, 0.25) is 6.20 Å². The van der Waals surface area contributed by atoms with Gasteiger partial charge in [0.15, 0.2) is 6.20 Å². The van der Waals surface area contributed by atoms with Crippen LogP contribution >= 0.6 is 0 Å². The summed E-state index contributed by atoms with van der Waals surface area (Å²) in [5.41, 5.74) is 0.